The van der Waals surface area contributed by atoms with Gasteiger partial charge < -0.3 is 28.4 Å². The fourth-order valence-electron chi connectivity index (χ4n) is 3.67. The van der Waals surface area contributed by atoms with Crippen LogP contribution >= 0.6 is 0 Å². The van der Waals surface area contributed by atoms with Crippen LogP contribution in [-0.4, -0.2) is 56.5 Å². The Hall–Kier alpha value is -2.74. The van der Waals surface area contributed by atoms with Crippen LogP contribution in [-0.2, 0) is 16.1 Å². The number of benzene rings is 1. The number of hydrogen-bond acceptors (Lipinski definition) is 7. The molecule has 1 aromatic carbocycles. The van der Waals surface area contributed by atoms with Gasteiger partial charge in [-0.25, -0.2) is 0 Å². The van der Waals surface area contributed by atoms with Crippen molar-refractivity contribution in [2.24, 2.45) is 5.41 Å². The predicted molar refractivity (Wildman–Crippen MR) is 115 cm³/mol. The number of aromatic nitrogens is 1. The van der Waals surface area contributed by atoms with Gasteiger partial charge in [-0.3, -0.25) is 4.79 Å². The second kappa shape index (κ2) is 9.60. The zero-order valence-corrected chi connectivity index (χ0v) is 19.2. The summed E-state index contributed by atoms with van der Waals surface area (Å²) in [6.07, 6.45) is 2.05. The third-order valence-corrected chi connectivity index (χ3v) is 5.24. The molecule has 8 heteroatoms. The summed E-state index contributed by atoms with van der Waals surface area (Å²) in [6, 6.07) is 5.44. The van der Waals surface area contributed by atoms with E-state index < -0.39 is 5.41 Å². The molecule has 1 fully saturated rings. The second-order valence-electron chi connectivity index (χ2n) is 8.67. The maximum atomic E-state index is 13.0. The van der Waals surface area contributed by atoms with Crippen LogP contribution < -0.4 is 14.2 Å². The summed E-state index contributed by atoms with van der Waals surface area (Å²) in [4.78, 5) is 14.8. The minimum absolute atomic E-state index is 0.0559. The Labute approximate surface area is 183 Å². The summed E-state index contributed by atoms with van der Waals surface area (Å²) in [5.74, 6) is 2.16. The van der Waals surface area contributed by atoms with Crippen molar-refractivity contribution in [3.63, 3.8) is 0 Å². The third kappa shape index (κ3) is 5.31. The molecule has 0 bridgehead atoms. The zero-order chi connectivity index (χ0) is 22.6. The predicted octanol–water partition coefficient (Wildman–Crippen LogP) is 3.92. The molecule has 170 valence electrons. The van der Waals surface area contributed by atoms with E-state index in [1.807, 2.05) is 31.7 Å². The maximum absolute atomic E-state index is 13.0. The minimum atomic E-state index is -0.498. The van der Waals surface area contributed by atoms with Crippen molar-refractivity contribution >= 4 is 5.91 Å². The van der Waals surface area contributed by atoms with Gasteiger partial charge in [0.25, 0.3) is 0 Å². The van der Waals surface area contributed by atoms with E-state index in [1.54, 1.807) is 33.5 Å². The minimum Gasteiger partial charge on any atom is -0.493 e. The van der Waals surface area contributed by atoms with E-state index in [0.29, 0.717) is 41.8 Å². The highest BCUT2D eigenvalue weighted by Crippen LogP contribution is 2.41. The molecule has 1 saturated heterocycles. The van der Waals surface area contributed by atoms with E-state index >= 15 is 0 Å². The van der Waals surface area contributed by atoms with E-state index in [1.165, 1.54) is 0 Å². The van der Waals surface area contributed by atoms with Crippen molar-refractivity contribution in [1.29, 1.82) is 0 Å². The fraction of sp³-hybridized carbons (Fsp3) is 0.565. The van der Waals surface area contributed by atoms with Gasteiger partial charge in [0.2, 0.25) is 11.7 Å². The quantitative estimate of drug-likeness (QED) is 0.625. The van der Waals surface area contributed by atoms with Gasteiger partial charge in [-0.1, -0.05) is 25.9 Å². The highest BCUT2D eigenvalue weighted by Gasteiger charge is 2.31. The van der Waals surface area contributed by atoms with Crippen molar-refractivity contribution in [2.45, 2.75) is 46.3 Å². The molecular formula is C23H32N2O6. The van der Waals surface area contributed by atoms with Gasteiger partial charge in [-0.15, -0.1) is 0 Å². The average Bonchev–Trinajstić information content (AvgIpc) is 3.43. The summed E-state index contributed by atoms with van der Waals surface area (Å²) in [7, 11) is 4.68. The molecule has 0 N–H and O–H groups in total. The van der Waals surface area contributed by atoms with Crippen molar-refractivity contribution in [3.05, 3.63) is 23.9 Å². The number of carbonyl (C=O) groups is 1. The van der Waals surface area contributed by atoms with E-state index in [9.17, 15) is 4.79 Å². The molecule has 0 saturated carbocycles. The molecular weight excluding hydrogens is 400 g/mol. The lowest BCUT2D eigenvalue weighted by molar-refractivity contribution is -0.141. The van der Waals surface area contributed by atoms with Gasteiger partial charge in [0.05, 0.1) is 34.0 Å². The van der Waals surface area contributed by atoms with E-state index in [0.717, 1.165) is 25.0 Å². The maximum Gasteiger partial charge on any atom is 0.228 e. The Bertz CT molecular complexity index is 871. The van der Waals surface area contributed by atoms with Gasteiger partial charge in [-0.05, 0) is 25.0 Å². The molecule has 2 heterocycles. The van der Waals surface area contributed by atoms with Gasteiger partial charge in [0.1, 0.15) is 5.69 Å². The number of nitrogens with zero attached hydrogens (tertiary/aromatic N) is 2. The summed E-state index contributed by atoms with van der Waals surface area (Å²) in [5, 5.41) is 4.20. The molecule has 0 radical (unpaired) electrons. The van der Waals surface area contributed by atoms with Crippen molar-refractivity contribution in [2.75, 3.05) is 34.5 Å². The molecule has 8 nitrogen and oxygen atoms in total. The van der Waals surface area contributed by atoms with Crippen molar-refractivity contribution in [1.82, 2.24) is 10.1 Å². The second-order valence-corrected chi connectivity index (χ2v) is 8.67. The van der Waals surface area contributed by atoms with Crippen molar-refractivity contribution in [3.8, 4) is 28.6 Å². The first-order valence-electron chi connectivity index (χ1n) is 10.4. The molecule has 1 unspecified atom stereocenters. The molecule has 31 heavy (non-hydrogen) atoms. The van der Waals surface area contributed by atoms with Crippen LogP contribution in [0, 0.1) is 5.41 Å². The lowest BCUT2D eigenvalue weighted by atomic mass is 9.94. The molecule has 1 aliphatic heterocycles. The highest BCUT2D eigenvalue weighted by molar-refractivity contribution is 5.81. The van der Waals surface area contributed by atoms with E-state index in [2.05, 4.69) is 5.16 Å². The molecule has 2 aromatic rings. The standard InChI is InChI=1S/C23H32N2O6/c1-23(2,3)22(26)25(14-17-8-7-9-30-17)13-16-12-18(31-24-16)15-10-19(27-4)21(29-6)20(11-15)28-5/h10-12,17H,7-9,13-14H2,1-6H3. The summed E-state index contributed by atoms with van der Waals surface area (Å²) >= 11 is 0. The Kier molecular flexibility index (Phi) is 7.10. The van der Waals surface area contributed by atoms with Crippen LogP contribution in [0.1, 0.15) is 39.3 Å². The van der Waals surface area contributed by atoms with Crippen LogP contribution in [0.5, 0.6) is 17.2 Å². The van der Waals surface area contributed by atoms with Crippen molar-refractivity contribution < 1.29 is 28.3 Å². The summed E-state index contributed by atoms with van der Waals surface area (Å²) < 4.78 is 27.6. The molecule has 0 aliphatic carbocycles. The third-order valence-electron chi connectivity index (χ3n) is 5.24. The fourth-order valence-corrected chi connectivity index (χ4v) is 3.67. The number of methoxy groups -OCH3 is 3. The zero-order valence-electron chi connectivity index (χ0n) is 19.2. The number of hydrogen-bond donors (Lipinski definition) is 0. The largest absolute Gasteiger partial charge is 0.493 e. The number of carbonyl (C=O) groups excluding carboxylic acids is 1. The molecule has 1 atom stereocenters. The summed E-state index contributed by atoms with van der Waals surface area (Å²) in [6.45, 7) is 7.40. The van der Waals surface area contributed by atoms with Gasteiger partial charge in [-0.2, -0.15) is 0 Å². The topological polar surface area (TPSA) is 83.3 Å². The number of amides is 1. The first-order valence-corrected chi connectivity index (χ1v) is 10.4. The lowest BCUT2D eigenvalue weighted by Crippen LogP contribution is -2.43. The average molecular weight is 433 g/mol. The van der Waals surface area contributed by atoms with Crippen LogP contribution in [0.25, 0.3) is 11.3 Å². The van der Waals surface area contributed by atoms with Crippen LogP contribution in [0.15, 0.2) is 22.7 Å². The Morgan fingerprint density at radius 2 is 1.81 bits per heavy atom. The lowest BCUT2D eigenvalue weighted by Gasteiger charge is -2.30. The monoisotopic (exact) mass is 432 g/mol. The van der Waals surface area contributed by atoms with Gasteiger partial charge in [0, 0.05) is 30.2 Å². The van der Waals surface area contributed by atoms with Crippen LogP contribution in [0.4, 0.5) is 0 Å². The molecule has 1 aliphatic rings. The Morgan fingerprint density at radius 1 is 1.13 bits per heavy atom. The number of rotatable bonds is 8. The molecule has 0 spiro atoms. The normalized spacial score (nSPS) is 16.3. The van der Waals surface area contributed by atoms with E-state index in [4.69, 9.17) is 23.5 Å². The SMILES string of the molecule is COc1cc(-c2cc(CN(CC3CCCO3)C(=O)C(C)(C)C)no2)cc(OC)c1OC. The smallest absolute Gasteiger partial charge is 0.228 e. The molecule has 1 amide bonds. The summed E-state index contributed by atoms with van der Waals surface area (Å²) in [5.41, 5.74) is 0.905. The number of ether oxygens (including phenoxy) is 4. The molecule has 3 rings (SSSR count). The first kappa shape index (κ1) is 22.9. The van der Waals surface area contributed by atoms with Gasteiger partial charge in [0.15, 0.2) is 17.3 Å². The van der Waals surface area contributed by atoms with Crippen LogP contribution in [0.3, 0.4) is 0 Å². The molecule has 1 aromatic heterocycles. The van der Waals surface area contributed by atoms with Gasteiger partial charge >= 0.3 is 0 Å². The first-order chi connectivity index (χ1) is 14.8. The Morgan fingerprint density at radius 3 is 2.32 bits per heavy atom. The Balaban J connectivity index is 1.85. The van der Waals surface area contributed by atoms with Crippen LogP contribution in [0.2, 0.25) is 0 Å². The highest BCUT2D eigenvalue weighted by atomic mass is 16.5. The van der Waals surface area contributed by atoms with E-state index in [-0.39, 0.29) is 12.0 Å².